The van der Waals surface area contributed by atoms with Gasteiger partial charge in [0.15, 0.2) is 6.61 Å². The zero-order chi connectivity index (χ0) is 16.2. The van der Waals surface area contributed by atoms with Crippen LogP contribution in [0, 0.1) is 0 Å². The van der Waals surface area contributed by atoms with Gasteiger partial charge in [0.25, 0.3) is 5.91 Å². The highest BCUT2D eigenvalue weighted by molar-refractivity contribution is 5.95. The number of para-hydroxylation sites is 1. The summed E-state index contributed by atoms with van der Waals surface area (Å²) in [5.74, 6) is 0.0283. The average molecular weight is 311 g/mol. The van der Waals surface area contributed by atoms with Gasteiger partial charge in [-0.15, -0.1) is 0 Å². The van der Waals surface area contributed by atoms with E-state index in [9.17, 15) is 18.0 Å². The summed E-state index contributed by atoms with van der Waals surface area (Å²) in [7, 11) is 0. The maximum Gasteiger partial charge on any atom is 0.422 e. The molecule has 0 spiro atoms. The van der Waals surface area contributed by atoms with Gasteiger partial charge >= 0.3 is 6.18 Å². The van der Waals surface area contributed by atoms with E-state index in [-0.39, 0.29) is 17.1 Å². The molecule has 0 bridgehead atoms. The minimum absolute atomic E-state index is 0.0628. The van der Waals surface area contributed by atoms with E-state index in [4.69, 9.17) is 10.5 Å². The van der Waals surface area contributed by atoms with Crippen LogP contribution in [0.3, 0.4) is 0 Å². The Morgan fingerprint density at radius 2 is 1.59 bits per heavy atom. The summed E-state index contributed by atoms with van der Waals surface area (Å²) in [5, 5.41) is 0. The van der Waals surface area contributed by atoms with Crippen molar-refractivity contribution in [1.82, 2.24) is 0 Å². The molecule has 0 saturated heterocycles. The van der Waals surface area contributed by atoms with Crippen LogP contribution in [0.2, 0.25) is 0 Å². The van der Waals surface area contributed by atoms with E-state index >= 15 is 0 Å². The third-order valence-corrected chi connectivity index (χ3v) is 2.61. The summed E-state index contributed by atoms with van der Waals surface area (Å²) >= 11 is 0. The number of rotatable bonds is 5. The quantitative estimate of drug-likeness (QED) is 0.919. The van der Waals surface area contributed by atoms with Crippen LogP contribution >= 0.6 is 0 Å². The zero-order valence-electron chi connectivity index (χ0n) is 11.3. The van der Waals surface area contributed by atoms with Gasteiger partial charge in [-0.3, -0.25) is 4.79 Å². The molecule has 0 aliphatic rings. The first kappa shape index (κ1) is 15.7. The summed E-state index contributed by atoms with van der Waals surface area (Å²) in [6.45, 7) is -1.36. The van der Waals surface area contributed by atoms with Gasteiger partial charge < -0.3 is 15.2 Å². The van der Waals surface area contributed by atoms with Crippen LogP contribution in [0.1, 0.15) is 10.4 Å². The number of hydrogen-bond donors (Lipinski definition) is 1. The number of hydrogen-bond acceptors (Lipinski definition) is 3. The van der Waals surface area contributed by atoms with Crippen molar-refractivity contribution in [2.24, 2.45) is 5.73 Å². The van der Waals surface area contributed by atoms with Gasteiger partial charge in [0, 0.05) is 0 Å². The Balaban J connectivity index is 2.07. The Bertz CT molecular complexity index is 654. The first-order chi connectivity index (χ1) is 10.3. The number of alkyl halides is 3. The third-order valence-electron chi connectivity index (χ3n) is 2.61. The first-order valence-corrected chi connectivity index (χ1v) is 6.21. The number of primary amides is 1. The molecular formula is C15H12F3NO3. The predicted molar refractivity (Wildman–Crippen MR) is 73.0 cm³/mol. The number of carbonyl (C=O) groups excluding carboxylic acids is 1. The van der Waals surface area contributed by atoms with E-state index < -0.39 is 18.7 Å². The molecule has 0 radical (unpaired) electrons. The van der Waals surface area contributed by atoms with Gasteiger partial charge in [-0.05, 0) is 36.4 Å². The van der Waals surface area contributed by atoms with E-state index in [1.807, 2.05) is 0 Å². The lowest BCUT2D eigenvalue weighted by molar-refractivity contribution is -0.153. The third kappa shape index (κ3) is 4.41. The smallest absolute Gasteiger partial charge is 0.422 e. The highest BCUT2D eigenvalue weighted by Crippen LogP contribution is 2.27. The molecule has 0 aliphatic heterocycles. The molecule has 1 amide bonds. The number of ether oxygens (including phenoxy) is 2. The van der Waals surface area contributed by atoms with Crippen molar-refractivity contribution in [3.8, 4) is 17.2 Å². The number of amides is 1. The molecule has 2 N–H and O–H groups in total. The van der Waals surface area contributed by atoms with Crippen molar-refractivity contribution in [2.45, 2.75) is 6.18 Å². The van der Waals surface area contributed by atoms with Gasteiger partial charge in [0.2, 0.25) is 0 Å². The van der Waals surface area contributed by atoms with Crippen LogP contribution in [0.25, 0.3) is 0 Å². The van der Waals surface area contributed by atoms with Crippen LogP contribution in [0.4, 0.5) is 13.2 Å². The second kappa shape index (κ2) is 6.38. The van der Waals surface area contributed by atoms with Gasteiger partial charge in [0.05, 0.1) is 5.56 Å². The van der Waals surface area contributed by atoms with Gasteiger partial charge in [-0.25, -0.2) is 0 Å². The molecule has 2 aromatic carbocycles. The van der Waals surface area contributed by atoms with Crippen molar-refractivity contribution in [3.63, 3.8) is 0 Å². The molecule has 0 heterocycles. The largest absolute Gasteiger partial charge is 0.484 e. The fraction of sp³-hybridized carbons (Fsp3) is 0.133. The Morgan fingerprint density at radius 3 is 2.18 bits per heavy atom. The highest BCUT2D eigenvalue weighted by Gasteiger charge is 2.28. The number of carbonyl (C=O) groups is 1. The predicted octanol–water partition coefficient (Wildman–Crippen LogP) is 3.52. The first-order valence-electron chi connectivity index (χ1n) is 6.21. The Labute approximate surface area is 124 Å². The minimum Gasteiger partial charge on any atom is -0.484 e. The average Bonchev–Trinajstić information content (AvgIpc) is 2.46. The van der Waals surface area contributed by atoms with Crippen molar-refractivity contribution in [1.29, 1.82) is 0 Å². The summed E-state index contributed by atoms with van der Waals surface area (Å²) in [4.78, 5) is 11.3. The summed E-state index contributed by atoms with van der Waals surface area (Å²) < 4.78 is 46.2. The lowest BCUT2D eigenvalue weighted by atomic mass is 10.2. The Hall–Kier alpha value is -2.70. The fourth-order valence-corrected chi connectivity index (χ4v) is 1.66. The summed E-state index contributed by atoms with van der Waals surface area (Å²) in [6.07, 6.45) is -4.39. The molecule has 2 aromatic rings. The monoisotopic (exact) mass is 311 g/mol. The molecular weight excluding hydrogens is 299 g/mol. The van der Waals surface area contributed by atoms with Gasteiger partial charge in [0.1, 0.15) is 17.2 Å². The molecule has 0 saturated carbocycles. The standard InChI is InChI=1S/C15H12F3NO3/c16-15(17,18)9-21-10-5-7-11(8-6-10)22-13-4-2-1-3-12(13)14(19)20/h1-8H,9H2,(H2,19,20). The van der Waals surface area contributed by atoms with Crippen LogP contribution in [-0.2, 0) is 0 Å². The molecule has 0 aliphatic carbocycles. The normalized spacial score (nSPS) is 11.0. The molecule has 0 unspecified atom stereocenters. The van der Waals surface area contributed by atoms with E-state index in [1.54, 1.807) is 18.2 Å². The second-order valence-electron chi connectivity index (χ2n) is 4.34. The summed E-state index contributed by atoms with van der Waals surface area (Å²) in [6, 6.07) is 11.9. The zero-order valence-corrected chi connectivity index (χ0v) is 11.3. The molecule has 7 heteroatoms. The van der Waals surface area contributed by atoms with E-state index in [1.165, 1.54) is 30.3 Å². The number of halogens is 3. The maximum atomic E-state index is 12.0. The maximum absolute atomic E-state index is 12.0. The number of nitrogens with two attached hydrogens (primary N) is 1. The minimum atomic E-state index is -4.39. The second-order valence-corrected chi connectivity index (χ2v) is 4.34. The van der Waals surface area contributed by atoms with Gasteiger partial charge in [-0.2, -0.15) is 13.2 Å². The lowest BCUT2D eigenvalue weighted by Gasteiger charge is -2.11. The number of benzene rings is 2. The highest BCUT2D eigenvalue weighted by atomic mass is 19.4. The van der Waals surface area contributed by atoms with Crippen LogP contribution < -0.4 is 15.2 Å². The molecule has 4 nitrogen and oxygen atoms in total. The van der Waals surface area contributed by atoms with Gasteiger partial charge in [-0.1, -0.05) is 12.1 Å². The van der Waals surface area contributed by atoms with Crippen molar-refractivity contribution >= 4 is 5.91 Å². The molecule has 22 heavy (non-hydrogen) atoms. The van der Waals surface area contributed by atoms with Crippen molar-refractivity contribution in [3.05, 3.63) is 54.1 Å². The summed E-state index contributed by atoms with van der Waals surface area (Å²) in [5.41, 5.74) is 5.44. The SMILES string of the molecule is NC(=O)c1ccccc1Oc1ccc(OCC(F)(F)F)cc1. The molecule has 0 fully saturated rings. The molecule has 116 valence electrons. The molecule has 2 rings (SSSR count). The van der Waals surface area contributed by atoms with Crippen LogP contribution in [-0.4, -0.2) is 18.7 Å². The Morgan fingerprint density at radius 1 is 1.00 bits per heavy atom. The van der Waals surface area contributed by atoms with Crippen molar-refractivity contribution in [2.75, 3.05) is 6.61 Å². The van der Waals surface area contributed by atoms with E-state index in [0.29, 0.717) is 5.75 Å². The Kier molecular flexibility index (Phi) is 4.55. The van der Waals surface area contributed by atoms with Crippen LogP contribution in [0.5, 0.6) is 17.2 Å². The van der Waals surface area contributed by atoms with E-state index in [2.05, 4.69) is 4.74 Å². The van der Waals surface area contributed by atoms with E-state index in [0.717, 1.165) is 0 Å². The van der Waals surface area contributed by atoms with Crippen molar-refractivity contribution < 1.29 is 27.4 Å². The topological polar surface area (TPSA) is 61.6 Å². The molecule has 0 aromatic heterocycles. The lowest BCUT2D eigenvalue weighted by Crippen LogP contribution is -2.19. The van der Waals surface area contributed by atoms with Crippen LogP contribution in [0.15, 0.2) is 48.5 Å². The fourth-order valence-electron chi connectivity index (χ4n) is 1.66. The molecule has 0 atom stereocenters.